The molecule has 2 nitrogen and oxygen atoms in total. The number of nitrogens with zero attached hydrogens (tertiary/aromatic N) is 1. The Kier molecular flexibility index (Phi) is 3.83. The molecule has 1 aliphatic carbocycles. The first kappa shape index (κ1) is 12.3. The van der Waals surface area contributed by atoms with E-state index in [9.17, 15) is 0 Å². The summed E-state index contributed by atoms with van der Waals surface area (Å²) in [4.78, 5) is 4.94. The standard InChI is InChI=1S/C13H24N2S/c1-10-6-4-5-7-11(10)14-12-15-13(2,3)8-9-16-12/h10-11H,4-9H2,1-3H3,(H,14,15). The molecule has 2 aliphatic rings. The van der Waals surface area contributed by atoms with E-state index in [4.69, 9.17) is 4.99 Å². The van der Waals surface area contributed by atoms with Crippen LogP contribution < -0.4 is 5.32 Å². The predicted molar refractivity (Wildman–Crippen MR) is 73.1 cm³/mol. The third-order valence-corrected chi connectivity index (χ3v) is 4.65. The van der Waals surface area contributed by atoms with Gasteiger partial charge < -0.3 is 5.32 Å². The van der Waals surface area contributed by atoms with Gasteiger partial charge in [-0.05, 0) is 39.0 Å². The van der Waals surface area contributed by atoms with Gasteiger partial charge in [0.1, 0.15) is 0 Å². The minimum Gasteiger partial charge on any atom is -0.360 e. The summed E-state index contributed by atoms with van der Waals surface area (Å²) in [6.45, 7) is 6.89. The van der Waals surface area contributed by atoms with Crippen molar-refractivity contribution in [3.63, 3.8) is 0 Å². The van der Waals surface area contributed by atoms with Crippen LogP contribution in [0.15, 0.2) is 4.99 Å². The van der Waals surface area contributed by atoms with Crippen LogP contribution in [0.5, 0.6) is 0 Å². The van der Waals surface area contributed by atoms with Gasteiger partial charge in [-0.3, -0.25) is 4.99 Å². The van der Waals surface area contributed by atoms with E-state index < -0.39 is 0 Å². The molecule has 1 saturated carbocycles. The molecule has 2 unspecified atom stereocenters. The Morgan fingerprint density at radius 1 is 1.31 bits per heavy atom. The van der Waals surface area contributed by atoms with Gasteiger partial charge in [-0.1, -0.05) is 31.5 Å². The molecule has 1 heterocycles. The van der Waals surface area contributed by atoms with Gasteiger partial charge in [0.15, 0.2) is 5.17 Å². The van der Waals surface area contributed by atoms with Crippen LogP contribution in [-0.4, -0.2) is 22.5 Å². The highest BCUT2D eigenvalue weighted by molar-refractivity contribution is 8.13. The van der Waals surface area contributed by atoms with Gasteiger partial charge in [-0.2, -0.15) is 0 Å². The highest BCUT2D eigenvalue weighted by atomic mass is 32.2. The van der Waals surface area contributed by atoms with E-state index in [0.29, 0.717) is 6.04 Å². The Labute approximate surface area is 104 Å². The van der Waals surface area contributed by atoms with Gasteiger partial charge >= 0.3 is 0 Å². The molecule has 1 aliphatic heterocycles. The Morgan fingerprint density at radius 2 is 2.06 bits per heavy atom. The van der Waals surface area contributed by atoms with E-state index >= 15 is 0 Å². The lowest BCUT2D eigenvalue weighted by molar-refractivity contribution is 0.331. The minimum atomic E-state index is 0.238. The van der Waals surface area contributed by atoms with Crippen molar-refractivity contribution in [2.24, 2.45) is 10.9 Å². The van der Waals surface area contributed by atoms with Crippen LogP contribution in [0.25, 0.3) is 0 Å². The van der Waals surface area contributed by atoms with E-state index in [-0.39, 0.29) is 5.54 Å². The molecule has 2 fully saturated rings. The number of nitrogens with one attached hydrogen (secondary N) is 1. The highest BCUT2D eigenvalue weighted by Gasteiger charge is 2.26. The van der Waals surface area contributed by atoms with Crippen LogP contribution in [0.3, 0.4) is 0 Å². The SMILES string of the molecule is CC1CCCCC1N=C1NC(C)(C)CCS1. The zero-order valence-corrected chi connectivity index (χ0v) is 11.6. The Hall–Kier alpha value is -0.180. The van der Waals surface area contributed by atoms with Crippen molar-refractivity contribution in [3.8, 4) is 0 Å². The lowest BCUT2D eigenvalue weighted by Gasteiger charge is -2.34. The molecular weight excluding hydrogens is 216 g/mol. The summed E-state index contributed by atoms with van der Waals surface area (Å²) in [5.74, 6) is 1.98. The second kappa shape index (κ2) is 4.99. The van der Waals surface area contributed by atoms with Gasteiger partial charge in [0.25, 0.3) is 0 Å². The van der Waals surface area contributed by atoms with Crippen molar-refractivity contribution in [1.29, 1.82) is 0 Å². The van der Waals surface area contributed by atoms with Crippen LogP contribution in [0.4, 0.5) is 0 Å². The fourth-order valence-corrected chi connectivity index (χ4v) is 3.86. The van der Waals surface area contributed by atoms with E-state index in [1.165, 1.54) is 43.0 Å². The monoisotopic (exact) mass is 240 g/mol. The summed E-state index contributed by atoms with van der Waals surface area (Å²) in [5, 5.41) is 4.76. The molecule has 0 spiro atoms. The molecule has 2 rings (SSSR count). The fraction of sp³-hybridized carbons (Fsp3) is 0.923. The van der Waals surface area contributed by atoms with E-state index in [1.807, 2.05) is 11.8 Å². The first-order chi connectivity index (χ1) is 7.57. The maximum atomic E-state index is 4.94. The van der Waals surface area contributed by atoms with Crippen LogP contribution in [0.2, 0.25) is 0 Å². The fourth-order valence-electron chi connectivity index (χ4n) is 2.50. The molecule has 0 radical (unpaired) electrons. The maximum Gasteiger partial charge on any atom is 0.157 e. The highest BCUT2D eigenvalue weighted by Crippen LogP contribution is 2.28. The molecule has 0 aromatic rings. The first-order valence-electron chi connectivity index (χ1n) is 6.56. The van der Waals surface area contributed by atoms with Crippen molar-refractivity contribution in [2.45, 2.75) is 64.5 Å². The second-order valence-corrected chi connectivity index (χ2v) is 6.95. The van der Waals surface area contributed by atoms with Gasteiger partial charge in [-0.15, -0.1) is 0 Å². The normalized spacial score (nSPS) is 37.1. The van der Waals surface area contributed by atoms with Crippen molar-refractivity contribution < 1.29 is 0 Å². The van der Waals surface area contributed by atoms with Gasteiger partial charge in [0.05, 0.1) is 6.04 Å². The molecule has 0 amide bonds. The molecule has 0 bridgehead atoms. The molecule has 2 atom stereocenters. The summed E-state index contributed by atoms with van der Waals surface area (Å²) in [6.07, 6.45) is 6.63. The van der Waals surface area contributed by atoms with Crippen LogP contribution in [-0.2, 0) is 0 Å². The number of hydrogen-bond acceptors (Lipinski definition) is 2. The van der Waals surface area contributed by atoms with Crippen LogP contribution in [0, 0.1) is 5.92 Å². The molecule has 1 N–H and O–H groups in total. The molecule has 3 heteroatoms. The second-order valence-electron chi connectivity index (χ2n) is 5.87. The molecular formula is C13H24N2S. The summed E-state index contributed by atoms with van der Waals surface area (Å²) in [6, 6.07) is 0.567. The largest absolute Gasteiger partial charge is 0.360 e. The third-order valence-electron chi connectivity index (χ3n) is 3.76. The number of rotatable bonds is 1. The zero-order chi connectivity index (χ0) is 11.6. The summed E-state index contributed by atoms with van der Waals surface area (Å²) < 4.78 is 0. The van der Waals surface area contributed by atoms with Crippen molar-refractivity contribution >= 4 is 16.9 Å². The lowest BCUT2D eigenvalue weighted by atomic mass is 9.86. The summed E-state index contributed by atoms with van der Waals surface area (Å²) in [7, 11) is 0. The Morgan fingerprint density at radius 3 is 2.75 bits per heavy atom. The topological polar surface area (TPSA) is 24.4 Å². The van der Waals surface area contributed by atoms with E-state index in [2.05, 4.69) is 26.1 Å². The quantitative estimate of drug-likeness (QED) is 0.759. The molecule has 1 saturated heterocycles. The number of hydrogen-bond donors (Lipinski definition) is 1. The molecule has 92 valence electrons. The summed E-state index contributed by atoms with van der Waals surface area (Å²) in [5.41, 5.74) is 0.238. The van der Waals surface area contributed by atoms with Crippen LogP contribution >= 0.6 is 11.8 Å². The summed E-state index contributed by atoms with van der Waals surface area (Å²) >= 11 is 1.90. The average molecular weight is 240 g/mol. The first-order valence-corrected chi connectivity index (χ1v) is 7.54. The number of aliphatic imine (C=N–C) groups is 1. The van der Waals surface area contributed by atoms with E-state index in [0.717, 1.165) is 5.92 Å². The minimum absolute atomic E-state index is 0.238. The Balaban J connectivity index is 1.99. The smallest absolute Gasteiger partial charge is 0.157 e. The number of thioether (sulfide) groups is 1. The number of amidine groups is 1. The van der Waals surface area contributed by atoms with Gasteiger partial charge in [-0.25, -0.2) is 0 Å². The molecule has 0 aromatic carbocycles. The third kappa shape index (κ3) is 3.16. The van der Waals surface area contributed by atoms with Gasteiger partial charge in [0.2, 0.25) is 0 Å². The molecule has 0 aromatic heterocycles. The van der Waals surface area contributed by atoms with Crippen molar-refractivity contribution in [3.05, 3.63) is 0 Å². The zero-order valence-electron chi connectivity index (χ0n) is 10.8. The van der Waals surface area contributed by atoms with Crippen molar-refractivity contribution in [1.82, 2.24) is 5.32 Å². The van der Waals surface area contributed by atoms with E-state index in [1.54, 1.807) is 0 Å². The lowest BCUT2D eigenvalue weighted by Crippen LogP contribution is -2.46. The van der Waals surface area contributed by atoms with Crippen molar-refractivity contribution in [2.75, 3.05) is 5.75 Å². The van der Waals surface area contributed by atoms with Gasteiger partial charge in [0, 0.05) is 11.3 Å². The van der Waals surface area contributed by atoms with Crippen LogP contribution in [0.1, 0.15) is 52.9 Å². The average Bonchev–Trinajstić information content (AvgIpc) is 2.20. The maximum absolute atomic E-state index is 4.94. The Bertz CT molecular complexity index is 273. The predicted octanol–water partition coefficient (Wildman–Crippen LogP) is 3.43. The molecule has 16 heavy (non-hydrogen) atoms.